The highest BCUT2D eigenvalue weighted by Crippen LogP contribution is 2.50. The number of alkyl halides is 2. The first-order valence-corrected chi connectivity index (χ1v) is 12.6. The Morgan fingerprint density at radius 2 is 1.56 bits per heavy atom. The maximum atomic E-state index is 14.3. The summed E-state index contributed by atoms with van der Waals surface area (Å²) in [7, 11) is 0. The van der Waals surface area contributed by atoms with Crippen LogP contribution in [-0.4, -0.2) is 6.61 Å². The van der Waals surface area contributed by atoms with E-state index in [0.29, 0.717) is 29.0 Å². The maximum Gasteiger partial charge on any atom is 0.387 e. The zero-order chi connectivity index (χ0) is 26.8. The van der Waals surface area contributed by atoms with Crippen molar-refractivity contribution in [3.63, 3.8) is 0 Å². The summed E-state index contributed by atoms with van der Waals surface area (Å²) >= 11 is 0. The molecule has 0 spiro atoms. The average molecular weight is 524 g/mol. The lowest BCUT2D eigenvalue weighted by molar-refractivity contribution is -0.0496. The highest BCUT2D eigenvalue weighted by atomic mass is 19.3. The Morgan fingerprint density at radius 3 is 2.38 bits per heavy atom. The number of nitrogens with one attached hydrogen (secondary N) is 1. The fourth-order valence-electron chi connectivity index (χ4n) is 5.03. The smallest absolute Gasteiger partial charge is 0.387 e. The molecule has 5 aromatic rings. The molecule has 0 aliphatic carbocycles. The first kappa shape index (κ1) is 24.6. The standard InChI is InChI=1S/C33H24F3NO2/c34-24-11-6-10-23(18-24)32-27-19-22(25-12-4-5-13-28(25)37-20-21-8-2-1-3-9-21)16-17-26(27)31-29(38-32)14-7-15-30(31)39-33(35)36/h1-19,32-33,37H,20H2. The Hall–Kier alpha value is -4.71. The van der Waals surface area contributed by atoms with E-state index in [-0.39, 0.29) is 11.6 Å². The Kier molecular flexibility index (Phi) is 6.68. The van der Waals surface area contributed by atoms with Crippen molar-refractivity contribution >= 4 is 5.69 Å². The molecule has 1 atom stereocenters. The van der Waals surface area contributed by atoms with Gasteiger partial charge in [-0.1, -0.05) is 78.9 Å². The van der Waals surface area contributed by atoms with Crippen LogP contribution in [0, 0.1) is 5.82 Å². The van der Waals surface area contributed by atoms with Gasteiger partial charge in [0.15, 0.2) is 0 Å². The van der Waals surface area contributed by atoms with E-state index < -0.39 is 12.7 Å². The highest BCUT2D eigenvalue weighted by Gasteiger charge is 2.31. The molecule has 39 heavy (non-hydrogen) atoms. The van der Waals surface area contributed by atoms with E-state index in [1.807, 2.05) is 60.7 Å². The van der Waals surface area contributed by atoms with Crippen LogP contribution in [0.2, 0.25) is 0 Å². The molecule has 6 rings (SSSR count). The normalized spacial score (nSPS) is 13.8. The molecule has 1 aliphatic heterocycles. The molecule has 6 heteroatoms. The van der Waals surface area contributed by atoms with Crippen LogP contribution in [0.25, 0.3) is 22.3 Å². The molecule has 5 aromatic carbocycles. The van der Waals surface area contributed by atoms with Gasteiger partial charge >= 0.3 is 6.61 Å². The summed E-state index contributed by atoms with van der Waals surface area (Å²) in [5, 5.41) is 3.52. The van der Waals surface area contributed by atoms with Gasteiger partial charge in [0.2, 0.25) is 0 Å². The molecule has 1 unspecified atom stereocenters. The van der Waals surface area contributed by atoms with Gasteiger partial charge in [-0.05, 0) is 58.7 Å². The summed E-state index contributed by atoms with van der Waals surface area (Å²) in [5.74, 6) is 0.0385. The number of fused-ring (bicyclic) bond motifs is 3. The lowest BCUT2D eigenvalue weighted by atomic mass is 9.86. The number of para-hydroxylation sites is 1. The van der Waals surface area contributed by atoms with Gasteiger partial charge < -0.3 is 14.8 Å². The van der Waals surface area contributed by atoms with Crippen LogP contribution in [0.5, 0.6) is 11.5 Å². The minimum Gasteiger partial charge on any atom is -0.480 e. The number of hydrogen-bond donors (Lipinski definition) is 1. The first-order valence-electron chi connectivity index (χ1n) is 12.6. The van der Waals surface area contributed by atoms with Crippen LogP contribution in [0.1, 0.15) is 22.8 Å². The van der Waals surface area contributed by atoms with E-state index in [9.17, 15) is 13.2 Å². The maximum absolute atomic E-state index is 14.3. The predicted molar refractivity (Wildman–Crippen MR) is 147 cm³/mol. The van der Waals surface area contributed by atoms with Crippen molar-refractivity contribution < 1.29 is 22.6 Å². The van der Waals surface area contributed by atoms with Crippen molar-refractivity contribution in [1.29, 1.82) is 0 Å². The van der Waals surface area contributed by atoms with Crippen LogP contribution in [0.4, 0.5) is 18.9 Å². The van der Waals surface area contributed by atoms with E-state index in [4.69, 9.17) is 9.47 Å². The summed E-state index contributed by atoms with van der Waals surface area (Å²) in [6, 6.07) is 35.0. The number of benzene rings is 5. The molecule has 0 saturated carbocycles. The average Bonchev–Trinajstić information content (AvgIpc) is 2.96. The quantitative estimate of drug-likeness (QED) is 0.231. The van der Waals surface area contributed by atoms with Crippen molar-refractivity contribution in [2.45, 2.75) is 19.3 Å². The molecular weight excluding hydrogens is 499 g/mol. The Balaban J connectivity index is 1.46. The second-order valence-corrected chi connectivity index (χ2v) is 9.25. The number of halogens is 3. The van der Waals surface area contributed by atoms with Crippen molar-refractivity contribution in [3.05, 3.63) is 138 Å². The molecule has 0 bridgehead atoms. The van der Waals surface area contributed by atoms with Gasteiger partial charge in [0.05, 0.1) is 5.56 Å². The van der Waals surface area contributed by atoms with Gasteiger partial charge in [0.25, 0.3) is 0 Å². The van der Waals surface area contributed by atoms with Crippen molar-refractivity contribution in [2.75, 3.05) is 5.32 Å². The van der Waals surface area contributed by atoms with Crippen LogP contribution in [0.3, 0.4) is 0 Å². The van der Waals surface area contributed by atoms with E-state index in [1.165, 1.54) is 18.2 Å². The minimum atomic E-state index is -2.98. The summed E-state index contributed by atoms with van der Waals surface area (Å²) in [6.07, 6.45) is -0.644. The molecule has 1 heterocycles. The summed E-state index contributed by atoms with van der Waals surface area (Å²) in [5.41, 5.74) is 6.47. The van der Waals surface area contributed by atoms with Crippen molar-refractivity contribution in [2.24, 2.45) is 0 Å². The molecule has 0 radical (unpaired) electrons. The monoisotopic (exact) mass is 523 g/mol. The molecule has 0 aromatic heterocycles. The van der Waals surface area contributed by atoms with Gasteiger partial charge in [-0.2, -0.15) is 8.78 Å². The summed E-state index contributed by atoms with van der Waals surface area (Å²) < 4.78 is 52.0. The molecule has 0 saturated heterocycles. The van der Waals surface area contributed by atoms with Crippen molar-refractivity contribution in [1.82, 2.24) is 0 Å². The van der Waals surface area contributed by atoms with E-state index in [1.54, 1.807) is 24.3 Å². The number of rotatable bonds is 7. The van der Waals surface area contributed by atoms with Crippen LogP contribution in [-0.2, 0) is 6.54 Å². The molecule has 1 aliphatic rings. The number of hydrogen-bond acceptors (Lipinski definition) is 3. The Bertz CT molecular complexity index is 1620. The third-order valence-corrected chi connectivity index (χ3v) is 6.77. The summed E-state index contributed by atoms with van der Waals surface area (Å²) in [6.45, 7) is -2.33. The lowest BCUT2D eigenvalue weighted by Crippen LogP contribution is -2.17. The van der Waals surface area contributed by atoms with Crippen LogP contribution in [0.15, 0.2) is 115 Å². The largest absolute Gasteiger partial charge is 0.480 e. The van der Waals surface area contributed by atoms with Crippen molar-refractivity contribution in [3.8, 4) is 33.8 Å². The third kappa shape index (κ3) is 5.06. The van der Waals surface area contributed by atoms with Gasteiger partial charge in [-0.25, -0.2) is 4.39 Å². The fraction of sp³-hybridized carbons (Fsp3) is 0.0909. The first-order chi connectivity index (χ1) is 19.1. The Morgan fingerprint density at radius 1 is 0.769 bits per heavy atom. The SMILES string of the molecule is Fc1cccc(C2Oc3cccc(OC(F)F)c3-c3ccc(-c4ccccc4NCc4ccccc4)cc32)c1. The number of anilines is 1. The highest BCUT2D eigenvalue weighted by molar-refractivity contribution is 5.86. The Labute approximate surface area is 224 Å². The van der Waals surface area contributed by atoms with E-state index in [0.717, 1.165) is 27.9 Å². The second kappa shape index (κ2) is 10.6. The zero-order valence-corrected chi connectivity index (χ0v) is 20.8. The van der Waals surface area contributed by atoms with Crippen LogP contribution >= 0.6 is 0 Å². The molecule has 0 amide bonds. The number of ether oxygens (including phenoxy) is 2. The second-order valence-electron chi connectivity index (χ2n) is 9.25. The lowest BCUT2D eigenvalue weighted by Gasteiger charge is -2.31. The minimum absolute atomic E-state index is 0.0270. The molecule has 194 valence electrons. The molecule has 1 N–H and O–H groups in total. The van der Waals surface area contributed by atoms with E-state index in [2.05, 4.69) is 17.4 Å². The van der Waals surface area contributed by atoms with Gasteiger partial charge in [0.1, 0.15) is 23.4 Å². The molecular formula is C33H24F3NO2. The summed E-state index contributed by atoms with van der Waals surface area (Å²) in [4.78, 5) is 0. The van der Waals surface area contributed by atoms with Gasteiger partial charge in [0, 0.05) is 23.4 Å². The van der Waals surface area contributed by atoms with Gasteiger partial charge in [-0.3, -0.25) is 0 Å². The molecule has 0 fully saturated rings. The third-order valence-electron chi connectivity index (χ3n) is 6.77. The predicted octanol–water partition coefficient (Wildman–Crippen LogP) is 8.86. The van der Waals surface area contributed by atoms with Gasteiger partial charge in [-0.15, -0.1) is 0 Å². The molecule has 3 nitrogen and oxygen atoms in total. The topological polar surface area (TPSA) is 30.5 Å². The van der Waals surface area contributed by atoms with Crippen LogP contribution < -0.4 is 14.8 Å². The fourth-order valence-corrected chi connectivity index (χ4v) is 5.03. The zero-order valence-electron chi connectivity index (χ0n) is 20.8. The van der Waals surface area contributed by atoms with E-state index >= 15 is 0 Å².